The molecule has 0 radical (unpaired) electrons. The number of nitrogens with two attached hydrogens (primary N) is 1. The highest BCUT2D eigenvalue weighted by Gasteiger charge is 2.61. The van der Waals surface area contributed by atoms with Crippen LogP contribution in [-0.4, -0.2) is 8.96 Å². The van der Waals surface area contributed by atoms with Crippen molar-refractivity contribution in [1.29, 1.82) is 0 Å². The summed E-state index contributed by atoms with van der Waals surface area (Å²) in [5, 5.41) is 0. The number of halogens is 1. The molecule has 0 aromatic heterocycles. The normalized spacial score (nSPS) is 50.0. The Morgan fingerprint density at radius 2 is 1.89 bits per heavy atom. The van der Waals surface area contributed by atoms with Crippen molar-refractivity contribution < 1.29 is 0 Å². The van der Waals surface area contributed by atoms with Crippen LogP contribution in [0, 0.1) is 5.92 Å². The summed E-state index contributed by atoms with van der Waals surface area (Å²) in [6, 6.07) is 0. The molecule has 9 heavy (non-hydrogen) atoms. The maximum absolute atomic E-state index is 5.94. The van der Waals surface area contributed by atoms with Crippen LogP contribution in [0.3, 0.4) is 0 Å². The SMILES string of the molecule is CC(C)C1(I)CC1(C)N. The Labute approximate surface area is 70.5 Å². The molecule has 1 saturated carbocycles. The fourth-order valence-corrected chi connectivity index (χ4v) is 2.15. The Hall–Kier alpha value is 0.690. The third-order valence-electron chi connectivity index (χ3n) is 2.36. The van der Waals surface area contributed by atoms with Gasteiger partial charge in [-0.1, -0.05) is 36.4 Å². The minimum absolute atomic E-state index is 0.113. The molecule has 0 saturated heterocycles. The zero-order chi connectivity index (χ0) is 7.28. The van der Waals surface area contributed by atoms with Crippen molar-refractivity contribution in [3.8, 4) is 0 Å². The zero-order valence-electron chi connectivity index (χ0n) is 6.24. The lowest BCUT2D eigenvalue weighted by Gasteiger charge is -2.16. The Morgan fingerprint density at radius 3 is 1.89 bits per heavy atom. The maximum Gasteiger partial charge on any atom is 0.0440 e. The molecule has 1 aliphatic rings. The van der Waals surface area contributed by atoms with Gasteiger partial charge >= 0.3 is 0 Å². The van der Waals surface area contributed by atoms with Gasteiger partial charge in [-0.3, -0.25) is 0 Å². The molecular formula is C7H14IN. The van der Waals surface area contributed by atoms with Gasteiger partial charge in [0.1, 0.15) is 0 Å². The lowest BCUT2D eigenvalue weighted by Crippen LogP contribution is -2.30. The number of hydrogen-bond acceptors (Lipinski definition) is 1. The van der Waals surface area contributed by atoms with E-state index in [4.69, 9.17) is 5.73 Å². The largest absolute Gasteiger partial charge is 0.324 e. The van der Waals surface area contributed by atoms with Crippen LogP contribution in [0.4, 0.5) is 0 Å². The summed E-state index contributed by atoms with van der Waals surface area (Å²) in [5.74, 6) is 0.716. The molecule has 0 heterocycles. The summed E-state index contributed by atoms with van der Waals surface area (Å²) in [6.07, 6.45) is 1.18. The first-order valence-corrected chi connectivity index (χ1v) is 4.46. The molecule has 0 spiro atoms. The average molecular weight is 239 g/mol. The van der Waals surface area contributed by atoms with Crippen LogP contribution in [0.15, 0.2) is 0 Å². The van der Waals surface area contributed by atoms with E-state index < -0.39 is 0 Å². The Bertz CT molecular complexity index is 131. The van der Waals surface area contributed by atoms with Crippen molar-refractivity contribution in [2.75, 3.05) is 0 Å². The highest BCUT2D eigenvalue weighted by molar-refractivity contribution is 14.1. The number of rotatable bonds is 1. The average Bonchev–Trinajstić information content (AvgIpc) is 2.08. The number of alkyl halides is 1. The Morgan fingerprint density at radius 1 is 1.56 bits per heavy atom. The zero-order valence-corrected chi connectivity index (χ0v) is 8.40. The van der Waals surface area contributed by atoms with Gasteiger partial charge in [0, 0.05) is 8.96 Å². The van der Waals surface area contributed by atoms with Crippen LogP contribution in [0.5, 0.6) is 0 Å². The summed E-state index contributed by atoms with van der Waals surface area (Å²) in [7, 11) is 0. The first-order chi connectivity index (χ1) is 3.90. The van der Waals surface area contributed by atoms with E-state index in [2.05, 4.69) is 43.4 Å². The molecule has 0 aromatic carbocycles. The number of hydrogen-bond donors (Lipinski definition) is 1. The van der Waals surface area contributed by atoms with Gasteiger partial charge in [-0.15, -0.1) is 0 Å². The summed E-state index contributed by atoms with van der Waals surface area (Å²) in [6.45, 7) is 6.62. The van der Waals surface area contributed by atoms with Gasteiger partial charge in [-0.05, 0) is 19.3 Å². The first kappa shape index (κ1) is 7.79. The van der Waals surface area contributed by atoms with Gasteiger partial charge in [0.05, 0.1) is 0 Å². The third-order valence-corrected chi connectivity index (χ3v) is 5.22. The molecule has 1 aliphatic carbocycles. The molecule has 0 amide bonds. The fraction of sp³-hybridized carbons (Fsp3) is 1.00. The lowest BCUT2D eigenvalue weighted by atomic mass is 10.1. The van der Waals surface area contributed by atoms with E-state index in [0.29, 0.717) is 9.34 Å². The molecule has 0 aliphatic heterocycles. The molecule has 0 bridgehead atoms. The predicted molar refractivity (Wildman–Crippen MR) is 48.8 cm³/mol. The Balaban J connectivity index is 2.63. The monoisotopic (exact) mass is 239 g/mol. The minimum Gasteiger partial charge on any atom is -0.324 e. The van der Waals surface area contributed by atoms with Gasteiger partial charge in [0.2, 0.25) is 0 Å². The summed E-state index contributed by atoms with van der Waals surface area (Å²) in [4.78, 5) is 0. The van der Waals surface area contributed by atoms with Crippen molar-refractivity contribution in [3.05, 3.63) is 0 Å². The van der Waals surface area contributed by atoms with Crippen LogP contribution >= 0.6 is 22.6 Å². The first-order valence-electron chi connectivity index (χ1n) is 3.38. The second-order valence-corrected chi connectivity index (χ2v) is 5.54. The van der Waals surface area contributed by atoms with Gasteiger partial charge in [-0.25, -0.2) is 0 Å². The quantitative estimate of drug-likeness (QED) is 0.549. The van der Waals surface area contributed by atoms with Crippen molar-refractivity contribution in [2.24, 2.45) is 11.7 Å². The van der Waals surface area contributed by atoms with Crippen molar-refractivity contribution in [3.63, 3.8) is 0 Å². The summed E-state index contributed by atoms with van der Waals surface area (Å²) < 4.78 is 0.394. The minimum atomic E-state index is 0.113. The molecule has 1 rings (SSSR count). The van der Waals surface area contributed by atoms with Gasteiger partial charge in [0.25, 0.3) is 0 Å². The van der Waals surface area contributed by atoms with Crippen LogP contribution < -0.4 is 5.73 Å². The Kier molecular flexibility index (Phi) is 1.60. The van der Waals surface area contributed by atoms with E-state index in [1.54, 1.807) is 0 Å². The van der Waals surface area contributed by atoms with E-state index in [0.717, 1.165) is 0 Å². The molecule has 1 fully saturated rings. The predicted octanol–water partition coefficient (Wildman–Crippen LogP) is 1.94. The van der Waals surface area contributed by atoms with Crippen molar-refractivity contribution in [2.45, 2.75) is 36.2 Å². The third kappa shape index (κ3) is 1.00. The van der Waals surface area contributed by atoms with E-state index in [9.17, 15) is 0 Å². The second kappa shape index (κ2) is 1.84. The van der Waals surface area contributed by atoms with E-state index in [-0.39, 0.29) is 5.54 Å². The highest BCUT2D eigenvalue weighted by atomic mass is 127. The molecule has 2 unspecified atom stereocenters. The van der Waals surface area contributed by atoms with E-state index in [1.165, 1.54) is 6.42 Å². The molecule has 2 heteroatoms. The van der Waals surface area contributed by atoms with Crippen LogP contribution in [0.25, 0.3) is 0 Å². The van der Waals surface area contributed by atoms with Crippen molar-refractivity contribution >= 4 is 22.6 Å². The molecule has 0 aromatic rings. The molecule has 2 atom stereocenters. The summed E-state index contributed by atoms with van der Waals surface area (Å²) in [5.41, 5.74) is 6.05. The van der Waals surface area contributed by atoms with Gasteiger partial charge in [0.15, 0.2) is 0 Å². The lowest BCUT2D eigenvalue weighted by molar-refractivity contribution is 0.555. The topological polar surface area (TPSA) is 26.0 Å². The summed E-state index contributed by atoms with van der Waals surface area (Å²) >= 11 is 2.50. The van der Waals surface area contributed by atoms with Crippen LogP contribution in [-0.2, 0) is 0 Å². The highest BCUT2D eigenvalue weighted by Crippen LogP contribution is 2.57. The second-order valence-electron chi connectivity index (χ2n) is 3.61. The fourth-order valence-electron chi connectivity index (χ4n) is 1.35. The molecule has 2 N–H and O–H groups in total. The molecular weight excluding hydrogens is 225 g/mol. The maximum atomic E-state index is 5.94. The smallest absolute Gasteiger partial charge is 0.0440 e. The van der Waals surface area contributed by atoms with Crippen molar-refractivity contribution in [1.82, 2.24) is 0 Å². The van der Waals surface area contributed by atoms with Crippen LogP contribution in [0.2, 0.25) is 0 Å². The molecule has 54 valence electrons. The van der Waals surface area contributed by atoms with E-state index in [1.807, 2.05) is 0 Å². The van der Waals surface area contributed by atoms with E-state index >= 15 is 0 Å². The molecule has 1 nitrogen and oxygen atoms in total. The standard InChI is InChI=1S/C7H14IN/c1-5(2)7(8)4-6(7,3)9/h5H,4,9H2,1-3H3. The van der Waals surface area contributed by atoms with Gasteiger partial charge in [-0.2, -0.15) is 0 Å². The van der Waals surface area contributed by atoms with Gasteiger partial charge < -0.3 is 5.73 Å². The van der Waals surface area contributed by atoms with Crippen LogP contribution in [0.1, 0.15) is 27.2 Å².